The van der Waals surface area contributed by atoms with Gasteiger partial charge in [0.2, 0.25) is 15.9 Å². The lowest BCUT2D eigenvalue weighted by Crippen LogP contribution is -2.46. The molecule has 0 radical (unpaired) electrons. The van der Waals surface area contributed by atoms with Gasteiger partial charge in [-0.2, -0.15) is 0 Å². The summed E-state index contributed by atoms with van der Waals surface area (Å²) in [5, 5.41) is 12.9. The number of nitrogens with one attached hydrogen (secondary N) is 1. The Hall–Kier alpha value is -0.660. The van der Waals surface area contributed by atoms with E-state index in [0.29, 0.717) is 19.6 Å². The summed E-state index contributed by atoms with van der Waals surface area (Å²) in [5.74, 6) is -0.224. The van der Waals surface area contributed by atoms with Gasteiger partial charge in [0, 0.05) is 19.6 Å². The van der Waals surface area contributed by atoms with Gasteiger partial charge in [-0.3, -0.25) is 4.79 Å². The molecule has 1 heterocycles. The Labute approximate surface area is 133 Å². The zero-order valence-corrected chi connectivity index (χ0v) is 14.2. The van der Waals surface area contributed by atoms with Crippen LogP contribution in [-0.2, 0) is 14.8 Å². The summed E-state index contributed by atoms with van der Waals surface area (Å²) < 4.78 is 25.2. The fourth-order valence-electron chi connectivity index (χ4n) is 3.20. The molecule has 1 saturated carbocycles. The van der Waals surface area contributed by atoms with Crippen LogP contribution in [0.15, 0.2) is 0 Å². The number of carbonyl (C=O) groups is 1. The Bertz CT molecular complexity index is 488. The van der Waals surface area contributed by atoms with Crippen molar-refractivity contribution in [3.8, 4) is 0 Å². The molecular formula is C15H28N2O4S. The molecule has 2 N–H and O–H groups in total. The number of amides is 1. The maximum absolute atomic E-state index is 12.2. The first-order valence-electron chi connectivity index (χ1n) is 8.34. The number of nitrogens with zero attached hydrogens (tertiary/aromatic N) is 1. The highest BCUT2D eigenvalue weighted by atomic mass is 32.2. The SMILES string of the molecule is CCS(=O)(=O)N1CCCC(C(=O)NCCCC2(O)CCC2)C1. The zero-order chi connectivity index (χ0) is 16.2. The van der Waals surface area contributed by atoms with E-state index >= 15 is 0 Å². The van der Waals surface area contributed by atoms with Crippen LogP contribution in [0.3, 0.4) is 0 Å². The summed E-state index contributed by atoms with van der Waals surface area (Å²) in [7, 11) is -3.21. The van der Waals surface area contributed by atoms with Crippen LogP contribution in [0.5, 0.6) is 0 Å². The number of piperidine rings is 1. The Morgan fingerprint density at radius 3 is 2.68 bits per heavy atom. The van der Waals surface area contributed by atoms with Gasteiger partial charge in [-0.25, -0.2) is 12.7 Å². The molecule has 7 heteroatoms. The van der Waals surface area contributed by atoms with Crippen molar-refractivity contribution in [3.63, 3.8) is 0 Å². The van der Waals surface area contributed by atoms with Crippen molar-refractivity contribution in [2.45, 2.75) is 57.5 Å². The Morgan fingerprint density at radius 2 is 2.09 bits per heavy atom. The molecule has 1 saturated heterocycles. The van der Waals surface area contributed by atoms with Gasteiger partial charge < -0.3 is 10.4 Å². The number of rotatable bonds is 7. The van der Waals surface area contributed by atoms with Crippen LogP contribution in [0.4, 0.5) is 0 Å². The van der Waals surface area contributed by atoms with Crippen molar-refractivity contribution in [2.24, 2.45) is 5.92 Å². The predicted molar refractivity (Wildman–Crippen MR) is 84.8 cm³/mol. The first kappa shape index (κ1) is 17.7. The van der Waals surface area contributed by atoms with Crippen LogP contribution < -0.4 is 5.32 Å². The van der Waals surface area contributed by atoms with Crippen LogP contribution in [0.2, 0.25) is 0 Å². The van der Waals surface area contributed by atoms with E-state index in [0.717, 1.165) is 44.9 Å². The van der Waals surface area contributed by atoms with Gasteiger partial charge in [0.05, 0.1) is 17.3 Å². The van der Waals surface area contributed by atoms with Crippen LogP contribution >= 0.6 is 0 Å². The monoisotopic (exact) mass is 332 g/mol. The van der Waals surface area contributed by atoms with Crippen LogP contribution in [-0.4, -0.2) is 54.7 Å². The second kappa shape index (κ2) is 7.27. The maximum atomic E-state index is 12.2. The highest BCUT2D eigenvalue weighted by Gasteiger charge is 2.34. The molecule has 2 fully saturated rings. The number of hydrogen-bond donors (Lipinski definition) is 2. The third kappa shape index (κ3) is 4.43. The molecule has 1 aliphatic heterocycles. The van der Waals surface area contributed by atoms with Gasteiger partial charge >= 0.3 is 0 Å². The molecule has 1 atom stereocenters. The minimum absolute atomic E-state index is 0.0587. The van der Waals surface area contributed by atoms with E-state index in [1.165, 1.54) is 4.31 Å². The molecule has 1 amide bonds. The molecule has 22 heavy (non-hydrogen) atoms. The molecule has 6 nitrogen and oxygen atoms in total. The molecular weight excluding hydrogens is 304 g/mol. The second-order valence-electron chi connectivity index (χ2n) is 6.57. The first-order valence-corrected chi connectivity index (χ1v) is 9.95. The summed E-state index contributed by atoms with van der Waals surface area (Å²) in [6.45, 7) is 3.00. The van der Waals surface area contributed by atoms with Crippen molar-refractivity contribution in [1.29, 1.82) is 0 Å². The number of aliphatic hydroxyl groups is 1. The number of carbonyl (C=O) groups excluding carboxylic acids is 1. The Kier molecular flexibility index (Phi) is 5.85. The lowest BCUT2D eigenvalue weighted by atomic mass is 9.77. The highest BCUT2D eigenvalue weighted by Crippen LogP contribution is 2.35. The van der Waals surface area contributed by atoms with E-state index in [-0.39, 0.29) is 17.6 Å². The Balaban J connectivity index is 1.72. The van der Waals surface area contributed by atoms with E-state index in [4.69, 9.17) is 0 Å². The molecule has 0 bridgehead atoms. The van der Waals surface area contributed by atoms with E-state index in [1.807, 2.05) is 0 Å². The molecule has 2 aliphatic rings. The average molecular weight is 332 g/mol. The van der Waals surface area contributed by atoms with Crippen LogP contribution in [0.1, 0.15) is 51.9 Å². The zero-order valence-electron chi connectivity index (χ0n) is 13.4. The van der Waals surface area contributed by atoms with Gasteiger partial charge in [-0.1, -0.05) is 0 Å². The van der Waals surface area contributed by atoms with Crippen molar-refractivity contribution in [1.82, 2.24) is 9.62 Å². The summed E-state index contributed by atoms with van der Waals surface area (Å²) in [6, 6.07) is 0. The van der Waals surface area contributed by atoms with Crippen LogP contribution in [0, 0.1) is 5.92 Å². The maximum Gasteiger partial charge on any atom is 0.224 e. The first-order chi connectivity index (χ1) is 10.4. The van der Waals surface area contributed by atoms with Gasteiger partial charge in [0.15, 0.2) is 0 Å². The topological polar surface area (TPSA) is 86.7 Å². The second-order valence-corrected chi connectivity index (χ2v) is 8.83. The van der Waals surface area contributed by atoms with E-state index in [9.17, 15) is 18.3 Å². The number of sulfonamides is 1. The smallest absolute Gasteiger partial charge is 0.224 e. The fourth-order valence-corrected chi connectivity index (χ4v) is 4.38. The van der Waals surface area contributed by atoms with Crippen LogP contribution in [0.25, 0.3) is 0 Å². The summed E-state index contributed by atoms with van der Waals surface area (Å²) in [4.78, 5) is 12.2. The highest BCUT2D eigenvalue weighted by molar-refractivity contribution is 7.89. The van der Waals surface area contributed by atoms with Gasteiger partial charge in [0.25, 0.3) is 0 Å². The molecule has 0 aromatic heterocycles. The number of hydrogen-bond acceptors (Lipinski definition) is 4. The minimum atomic E-state index is -3.21. The van der Waals surface area contributed by atoms with Crippen molar-refractivity contribution >= 4 is 15.9 Å². The fraction of sp³-hybridized carbons (Fsp3) is 0.933. The van der Waals surface area contributed by atoms with Gasteiger partial charge in [-0.15, -0.1) is 0 Å². The molecule has 1 unspecified atom stereocenters. The quantitative estimate of drug-likeness (QED) is 0.677. The largest absolute Gasteiger partial charge is 0.390 e. The molecule has 0 aromatic carbocycles. The predicted octanol–water partition coefficient (Wildman–Crippen LogP) is 0.860. The van der Waals surface area contributed by atoms with Crippen molar-refractivity contribution in [2.75, 3.05) is 25.4 Å². The standard InChI is InChI=1S/C15H28N2O4S/c1-2-22(20,21)17-11-3-6-13(12-17)14(18)16-10-5-9-15(19)7-4-8-15/h13,19H,2-12H2,1H3,(H,16,18). The van der Waals surface area contributed by atoms with E-state index in [1.54, 1.807) is 6.92 Å². The molecule has 1 aliphatic carbocycles. The summed E-state index contributed by atoms with van der Waals surface area (Å²) >= 11 is 0. The van der Waals surface area contributed by atoms with Crippen molar-refractivity contribution < 1.29 is 18.3 Å². The minimum Gasteiger partial charge on any atom is -0.390 e. The molecule has 0 spiro atoms. The molecule has 128 valence electrons. The third-order valence-corrected chi connectivity index (χ3v) is 6.76. The molecule has 0 aromatic rings. The lowest BCUT2D eigenvalue weighted by Gasteiger charge is -2.36. The summed E-state index contributed by atoms with van der Waals surface area (Å²) in [5.41, 5.74) is -0.498. The van der Waals surface area contributed by atoms with E-state index < -0.39 is 15.6 Å². The lowest BCUT2D eigenvalue weighted by molar-refractivity contribution is -0.126. The normalized spacial score (nSPS) is 25.5. The van der Waals surface area contributed by atoms with Gasteiger partial charge in [0.1, 0.15) is 0 Å². The Morgan fingerprint density at radius 1 is 1.36 bits per heavy atom. The van der Waals surface area contributed by atoms with Crippen molar-refractivity contribution in [3.05, 3.63) is 0 Å². The van der Waals surface area contributed by atoms with Gasteiger partial charge in [-0.05, 0) is 51.9 Å². The third-order valence-electron chi connectivity index (χ3n) is 4.92. The van der Waals surface area contributed by atoms with E-state index in [2.05, 4.69) is 5.32 Å². The molecule has 2 rings (SSSR count). The average Bonchev–Trinajstić information content (AvgIpc) is 2.49. The summed E-state index contributed by atoms with van der Waals surface area (Å²) in [6.07, 6.45) is 5.80.